The summed E-state index contributed by atoms with van der Waals surface area (Å²) in [6.07, 6.45) is 0.584. The molecule has 20 heavy (non-hydrogen) atoms. The first kappa shape index (κ1) is 14.6. The van der Waals surface area contributed by atoms with Gasteiger partial charge in [-0.05, 0) is 31.9 Å². The number of aryl methyl sites for hydroxylation is 2. The molecule has 0 saturated heterocycles. The predicted octanol–water partition coefficient (Wildman–Crippen LogP) is 4.04. The molecule has 0 radical (unpaired) electrons. The molecule has 0 bridgehead atoms. The quantitative estimate of drug-likeness (QED) is 0.798. The van der Waals surface area contributed by atoms with Crippen molar-refractivity contribution < 1.29 is 13.9 Å². The molecule has 106 valence electrons. The topological polar surface area (TPSA) is 52.3 Å². The number of hydrogen-bond acceptors (Lipinski definition) is 4. The van der Waals surface area contributed by atoms with Gasteiger partial charge in [0.1, 0.15) is 0 Å². The maximum atomic E-state index is 11.8. The Bertz CT molecular complexity index is 634. The predicted molar refractivity (Wildman–Crippen MR) is 77.0 cm³/mol. The van der Waals surface area contributed by atoms with E-state index in [1.807, 2.05) is 32.0 Å². The number of benzene rings is 1. The molecule has 0 aliphatic rings. The van der Waals surface area contributed by atoms with Crippen LogP contribution in [-0.4, -0.2) is 17.6 Å². The standard InChI is InChI=1S/C15H16ClNO3/c1-4-11-13(15(18)19-5-2)20-14(17-11)10-8-6-7-9(3)12(10)16/h6-8H,4-5H2,1-3H3. The van der Waals surface area contributed by atoms with Gasteiger partial charge >= 0.3 is 5.97 Å². The number of rotatable bonds is 4. The van der Waals surface area contributed by atoms with Gasteiger partial charge in [0.25, 0.3) is 0 Å². The Morgan fingerprint density at radius 2 is 2.15 bits per heavy atom. The summed E-state index contributed by atoms with van der Waals surface area (Å²) in [5.74, 6) is 0.00685. The van der Waals surface area contributed by atoms with E-state index < -0.39 is 5.97 Å². The third-order valence-electron chi connectivity index (χ3n) is 2.92. The van der Waals surface area contributed by atoms with Gasteiger partial charge in [-0.3, -0.25) is 0 Å². The van der Waals surface area contributed by atoms with E-state index in [2.05, 4.69) is 4.98 Å². The molecule has 0 spiro atoms. The minimum atomic E-state index is -0.494. The summed E-state index contributed by atoms with van der Waals surface area (Å²) >= 11 is 6.26. The molecule has 2 aromatic rings. The summed E-state index contributed by atoms with van der Waals surface area (Å²) in [5.41, 5.74) is 2.19. The van der Waals surface area contributed by atoms with E-state index in [1.54, 1.807) is 6.92 Å². The van der Waals surface area contributed by atoms with Crippen LogP contribution in [0.2, 0.25) is 5.02 Å². The molecule has 1 heterocycles. The third kappa shape index (κ3) is 2.70. The fraction of sp³-hybridized carbons (Fsp3) is 0.333. The molecule has 0 fully saturated rings. The van der Waals surface area contributed by atoms with Crippen LogP contribution in [0.1, 0.15) is 35.7 Å². The van der Waals surface area contributed by atoms with Crippen LogP contribution in [0.5, 0.6) is 0 Å². The molecule has 2 rings (SSSR count). The largest absolute Gasteiger partial charge is 0.460 e. The van der Waals surface area contributed by atoms with Crippen molar-refractivity contribution in [3.63, 3.8) is 0 Å². The van der Waals surface area contributed by atoms with Crippen molar-refractivity contribution in [2.24, 2.45) is 0 Å². The summed E-state index contributed by atoms with van der Waals surface area (Å²) in [7, 11) is 0. The van der Waals surface area contributed by atoms with Crippen LogP contribution < -0.4 is 0 Å². The second-order valence-electron chi connectivity index (χ2n) is 4.31. The molecule has 1 aromatic carbocycles. The summed E-state index contributed by atoms with van der Waals surface area (Å²) in [6, 6.07) is 5.59. The highest BCUT2D eigenvalue weighted by Gasteiger charge is 2.22. The van der Waals surface area contributed by atoms with Crippen molar-refractivity contribution >= 4 is 17.6 Å². The highest BCUT2D eigenvalue weighted by molar-refractivity contribution is 6.33. The molecule has 0 unspecified atom stereocenters. The van der Waals surface area contributed by atoms with Crippen LogP contribution in [0, 0.1) is 6.92 Å². The Balaban J connectivity index is 2.49. The van der Waals surface area contributed by atoms with Gasteiger partial charge in [-0.25, -0.2) is 9.78 Å². The van der Waals surface area contributed by atoms with Gasteiger partial charge in [0, 0.05) is 0 Å². The molecule has 5 heteroatoms. The van der Waals surface area contributed by atoms with Crippen molar-refractivity contribution in [3.05, 3.63) is 40.2 Å². The Hall–Kier alpha value is -1.81. The molecule has 0 amide bonds. The maximum Gasteiger partial charge on any atom is 0.376 e. The molecule has 0 aliphatic carbocycles. The Morgan fingerprint density at radius 1 is 1.40 bits per heavy atom. The number of carbonyl (C=O) groups excluding carboxylic acids is 1. The molecular weight excluding hydrogens is 278 g/mol. The Labute approximate surface area is 122 Å². The van der Waals surface area contributed by atoms with E-state index in [9.17, 15) is 4.79 Å². The van der Waals surface area contributed by atoms with E-state index in [1.165, 1.54) is 0 Å². The van der Waals surface area contributed by atoms with Gasteiger partial charge in [-0.1, -0.05) is 30.7 Å². The highest BCUT2D eigenvalue weighted by atomic mass is 35.5. The van der Waals surface area contributed by atoms with Crippen LogP contribution in [0.3, 0.4) is 0 Å². The van der Waals surface area contributed by atoms with Crippen LogP contribution in [-0.2, 0) is 11.2 Å². The fourth-order valence-electron chi connectivity index (χ4n) is 1.88. The zero-order chi connectivity index (χ0) is 14.7. The van der Waals surface area contributed by atoms with E-state index in [0.717, 1.165) is 5.56 Å². The fourth-order valence-corrected chi connectivity index (χ4v) is 2.08. The molecular formula is C15H16ClNO3. The second-order valence-corrected chi connectivity index (χ2v) is 4.68. The van der Waals surface area contributed by atoms with Crippen molar-refractivity contribution in [3.8, 4) is 11.5 Å². The monoisotopic (exact) mass is 293 g/mol. The molecule has 1 aromatic heterocycles. The van der Waals surface area contributed by atoms with Crippen molar-refractivity contribution in [1.29, 1.82) is 0 Å². The number of halogens is 1. The van der Waals surface area contributed by atoms with Crippen molar-refractivity contribution in [2.45, 2.75) is 27.2 Å². The number of ether oxygens (including phenoxy) is 1. The number of hydrogen-bond donors (Lipinski definition) is 0. The number of oxazole rings is 1. The zero-order valence-corrected chi connectivity index (χ0v) is 12.5. The lowest BCUT2D eigenvalue weighted by molar-refractivity contribution is 0.0489. The first-order valence-electron chi connectivity index (χ1n) is 6.50. The minimum absolute atomic E-state index is 0.155. The summed E-state index contributed by atoms with van der Waals surface area (Å²) < 4.78 is 10.5. The summed E-state index contributed by atoms with van der Waals surface area (Å²) in [4.78, 5) is 16.2. The molecule has 0 N–H and O–H groups in total. The lowest BCUT2D eigenvalue weighted by Crippen LogP contribution is -2.05. The maximum absolute atomic E-state index is 11.8. The zero-order valence-electron chi connectivity index (χ0n) is 11.7. The second kappa shape index (κ2) is 6.09. The van der Waals surface area contributed by atoms with Gasteiger partial charge in [-0.2, -0.15) is 0 Å². The molecule has 0 aliphatic heterocycles. The van der Waals surface area contributed by atoms with Crippen LogP contribution in [0.15, 0.2) is 22.6 Å². The van der Waals surface area contributed by atoms with Crippen molar-refractivity contribution in [1.82, 2.24) is 4.98 Å². The van der Waals surface area contributed by atoms with E-state index in [-0.39, 0.29) is 5.76 Å². The SMILES string of the molecule is CCOC(=O)c1oc(-c2cccc(C)c2Cl)nc1CC. The normalized spacial score (nSPS) is 10.6. The minimum Gasteiger partial charge on any atom is -0.460 e. The number of carbonyl (C=O) groups is 1. The summed E-state index contributed by atoms with van der Waals surface area (Å²) in [6.45, 7) is 5.85. The lowest BCUT2D eigenvalue weighted by atomic mass is 10.1. The first-order valence-corrected chi connectivity index (χ1v) is 6.88. The third-order valence-corrected chi connectivity index (χ3v) is 3.42. The molecule has 0 atom stereocenters. The first-order chi connectivity index (χ1) is 9.58. The number of esters is 1. The average Bonchev–Trinajstić information content (AvgIpc) is 2.86. The van der Waals surface area contributed by atoms with Gasteiger partial charge in [0.2, 0.25) is 11.7 Å². The lowest BCUT2D eigenvalue weighted by Gasteiger charge is -2.02. The van der Waals surface area contributed by atoms with Gasteiger partial charge in [0.15, 0.2) is 0 Å². The molecule has 4 nitrogen and oxygen atoms in total. The van der Waals surface area contributed by atoms with E-state index in [0.29, 0.717) is 35.2 Å². The van der Waals surface area contributed by atoms with Crippen LogP contribution >= 0.6 is 11.6 Å². The van der Waals surface area contributed by atoms with E-state index in [4.69, 9.17) is 20.8 Å². The summed E-state index contributed by atoms with van der Waals surface area (Å²) in [5, 5.41) is 0.576. The smallest absolute Gasteiger partial charge is 0.376 e. The van der Waals surface area contributed by atoms with Gasteiger partial charge in [0.05, 0.1) is 22.9 Å². The Kier molecular flexibility index (Phi) is 4.45. The molecule has 0 saturated carbocycles. The highest BCUT2D eigenvalue weighted by Crippen LogP contribution is 2.31. The average molecular weight is 294 g/mol. The van der Waals surface area contributed by atoms with Crippen LogP contribution in [0.25, 0.3) is 11.5 Å². The van der Waals surface area contributed by atoms with Crippen LogP contribution in [0.4, 0.5) is 0 Å². The van der Waals surface area contributed by atoms with Crippen molar-refractivity contribution in [2.75, 3.05) is 6.61 Å². The number of nitrogens with zero attached hydrogens (tertiary/aromatic N) is 1. The van der Waals surface area contributed by atoms with E-state index >= 15 is 0 Å². The Morgan fingerprint density at radius 3 is 2.80 bits per heavy atom. The van der Waals surface area contributed by atoms with Gasteiger partial charge < -0.3 is 9.15 Å². The number of aromatic nitrogens is 1. The van der Waals surface area contributed by atoms with Gasteiger partial charge in [-0.15, -0.1) is 0 Å².